The number of amides is 1. The summed E-state index contributed by atoms with van der Waals surface area (Å²) in [7, 11) is 0. The van der Waals surface area contributed by atoms with E-state index in [1.165, 1.54) is 16.7 Å². The van der Waals surface area contributed by atoms with Gasteiger partial charge in [0.15, 0.2) is 6.04 Å². The number of hydrogen-bond donors (Lipinski definition) is 2. The molecule has 5 heteroatoms. The van der Waals surface area contributed by atoms with Crippen LogP contribution in [0.5, 0.6) is 5.75 Å². The molecule has 3 aromatic carbocycles. The van der Waals surface area contributed by atoms with Crippen molar-refractivity contribution in [3.8, 4) is 5.75 Å². The summed E-state index contributed by atoms with van der Waals surface area (Å²) in [5.41, 5.74) is 5.86. The summed E-state index contributed by atoms with van der Waals surface area (Å²) >= 11 is 0. The zero-order valence-electron chi connectivity index (χ0n) is 24.1. The number of carbonyl (C=O) groups is 1. The van der Waals surface area contributed by atoms with Crippen LogP contribution in [0.15, 0.2) is 91.5 Å². The predicted octanol–water partition coefficient (Wildman–Crippen LogP) is 6.22. The Hall–Kier alpha value is -3.86. The number of aromatic hydroxyl groups is 1. The first-order chi connectivity index (χ1) is 18.4. The van der Waals surface area contributed by atoms with Gasteiger partial charge in [-0.15, -0.1) is 0 Å². The molecular weight excluding hydrogens is 482 g/mol. The Bertz CT molecular complexity index is 1360. The molecule has 0 radical (unpaired) electrons. The Morgan fingerprint density at radius 3 is 2.05 bits per heavy atom. The third-order valence-corrected chi connectivity index (χ3v) is 7.14. The fourth-order valence-electron chi connectivity index (χ4n) is 4.64. The van der Waals surface area contributed by atoms with Gasteiger partial charge in [-0.2, -0.15) is 0 Å². The van der Waals surface area contributed by atoms with Gasteiger partial charge in [0, 0.05) is 13.0 Å². The summed E-state index contributed by atoms with van der Waals surface area (Å²) < 4.78 is 4.08. The molecule has 204 valence electrons. The lowest BCUT2D eigenvalue weighted by Crippen LogP contribution is -2.36. The lowest BCUT2D eigenvalue weighted by atomic mass is 9.79. The highest BCUT2D eigenvalue weighted by molar-refractivity contribution is 5.80. The van der Waals surface area contributed by atoms with Crippen LogP contribution in [0, 0.1) is 0 Å². The fraction of sp³-hybridized carbons (Fsp3) is 0.353. The van der Waals surface area contributed by atoms with Gasteiger partial charge in [0.25, 0.3) is 5.91 Å². The van der Waals surface area contributed by atoms with Crippen LogP contribution in [0.25, 0.3) is 0 Å². The molecule has 39 heavy (non-hydrogen) atoms. The third kappa shape index (κ3) is 7.60. The number of aromatic nitrogens is 2. The number of nitrogens with one attached hydrogen (secondary N) is 1. The van der Waals surface area contributed by atoms with Crippen LogP contribution in [0.3, 0.4) is 0 Å². The molecule has 1 aromatic heterocycles. The molecular formula is C34H42N3O2+. The van der Waals surface area contributed by atoms with E-state index in [-0.39, 0.29) is 22.5 Å². The van der Waals surface area contributed by atoms with Crippen LogP contribution < -0.4 is 9.88 Å². The highest BCUT2D eigenvalue weighted by Crippen LogP contribution is 2.30. The minimum Gasteiger partial charge on any atom is -0.508 e. The predicted molar refractivity (Wildman–Crippen MR) is 157 cm³/mol. The van der Waals surface area contributed by atoms with Gasteiger partial charge in [0.1, 0.15) is 24.7 Å². The van der Waals surface area contributed by atoms with Gasteiger partial charge in [-0.25, -0.2) is 9.13 Å². The second-order valence-corrected chi connectivity index (χ2v) is 12.5. The average molecular weight is 525 g/mol. The molecule has 0 unspecified atom stereocenters. The summed E-state index contributed by atoms with van der Waals surface area (Å²) in [6.07, 6.45) is 6.48. The largest absolute Gasteiger partial charge is 0.508 e. The van der Waals surface area contributed by atoms with Crippen LogP contribution in [0.4, 0.5) is 0 Å². The highest BCUT2D eigenvalue weighted by atomic mass is 16.3. The summed E-state index contributed by atoms with van der Waals surface area (Å²) in [6.45, 7) is 14.5. The molecule has 0 aliphatic rings. The molecule has 0 saturated carbocycles. The minimum absolute atomic E-state index is 0.0128. The molecule has 0 fully saturated rings. The van der Waals surface area contributed by atoms with Gasteiger partial charge in [-0.05, 0) is 50.8 Å². The quantitative estimate of drug-likeness (QED) is 0.269. The molecule has 4 aromatic rings. The van der Waals surface area contributed by atoms with E-state index in [1.54, 1.807) is 12.1 Å². The molecule has 5 nitrogen and oxygen atoms in total. The molecule has 0 aliphatic heterocycles. The van der Waals surface area contributed by atoms with E-state index in [0.29, 0.717) is 13.0 Å². The molecule has 1 heterocycles. The van der Waals surface area contributed by atoms with Crippen molar-refractivity contribution in [2.24, 2.45) is 0 Å². The first-order valence-corrected chi connectivity index (χ1v) is 13.7. The maximum Gasteiger partial charge on any atom is 0.266 e. The summed E-state index contributed by atoms with van der Waals surface area (Å²) in [5.74, 6) is 0.179. The van der Waals surface area contributed by atoms with Crippen molar-refractivity contribution in [1.82, 2.24) is 9.88 Å². The van der Waals surface area contributed by atoms with Crippen LogP contribution in [0.2, 0.25) is 0 Å². The smallest absolute Gasteiger partial charge is 0.266 e. The lowest BCUT2D eigenvalue weighted by Gasteiger charge is -2.26. The number of imidazole rings is 1. The van der Waals surface area contributed by atoms with Crippen molar-refractivity contribution in [3.63, 3.8) is 0 Å². The Morgan fingerprint density at radius 1 is 0.846 bits per heavy atom. The average Bonchev–Trinajstić information content (AvgIpc) is 3.34. The van der Waals surface area contributed by atoms with Crippen LogP contribution in [-0.4, -0.2) is 15.6 Å². The maximum absolute atomic E-state index is 13.7. The molecule has 2 N–H and O–H groups in total. The Kier molecular flexibility index (Phi) is 8.29. The Balaban J connectivity index is 1.58. The highest BCUT2D eigenvalue weighted by Gasteiger charge is 2.27. The molecule has 4 rings (SSSR count). The third-order valence-electron chi connectivity index (χ3n) is 7.14. The van der Waals surface area contributed by atoms with Gasteiger partial charge >= 0.3 is 0 Å². The zero-order valence-corrected chi connectivity index (χ0v) is 24.1. The van der Waals surface area contributed by atoms with Gasteiger partial charge in [-0.1, -0.05) is 102 Å². The van der Waals surface area contributed by atoms with Crippen molar-refractivity contribution < 1.29 is 14.5 Å². The maximum atomic E-state index is 13.7. The van der Waals surface area contributed by atoms with Crippen molar-refractivity contribution in [2.75, 3.05) is 0 Å². The van der Waals surface area contributed by atoms with Crippen molar-refractivity contribution in [3.05, 3.63) is 119 Å². The Morgan fingerprint density at radius 2 is 1.46 bits per heavy atom. The summed E-state index contributed by atoms with van der Waals surface area (Å²) in [5, 5.41) is 13.0. The second-order valence-electron chi connectivity index (χ2n) is 12.5. The van der Waals surface area contributed by atoms with Gasteiger partial charge in [0.05, 0.1) is 0 Å². The monoisotopic (exact) mass is 524 g/mol. The standard InChI is InChI=1S/C34H41N3O2/c1-33(2,3)28-18-27(19-29(21-28)34(4,5)6)22-35-32(39)31(20-25-12-14-30(38)15-13-25)37-17-16-36(24-37)23-26-10-8-7-9-11-26/h7-19,21,24,31H,20,22-23H2,1-6H3,(H-,35,38,39)/p+1/t31-/m0/s1. The number of hydrogen-bond acceptors (Lipinski definition) is 2. The van der Waals surface area contributed by atoms with E-state index in [4.69, 9.17) is 0 Å². The molecule has 0 aliphatic carbocycles. The van der Waals surface area contributed by atoms with E-state index in [1.807, 2.05) is 53.6 Å². The van der Waals surface area contributed by atoms with Gasteiger partial charge < -0.3 is 10.4 Å². The van der Waals surface area contributed by atoms with E-state index >= 15 is 0 Å². The number of phenols is 1. The number of phenolic OH excluding ortho intramolecular Hbond substituents is 1. The van der Waals surface area contributed by atoms with Crippen molar-refractivity contribution in [2.45, 2.75) is 77.9 Å². The Labute approximate surface area is 233 Å². The normalized spacial score (nSPS) is 12.8. The number of nitrogens with zero attached hydrogens (tertiary/aromatic N) is 2. The summed E-state index contributed by atoms with van der Waals surface area (Å²) in [4.78, 5) is 13.7. The van der Waals surface area contributed by atoms with Crippen LogP contribution >= 0.6 is 0 Å². The molecule has 0 bridgehead atoms. The minimum atomic E-state index is -0.431. The number of benzene rings is 3. The molecule has 0 saturated heterocycles. The van der Waals surface area contributed by atoms with Crippen LogP contribution in [0.1, 0.15) is 75.4 Å². The lowest BCUT2D eigenvalue weighted by molar-refractivity contribution is -0.687. The zero-order chi connectivity index (χ0) is 28.2. The molecule has 0 spiro atoms. The van der Waals surface area contributed by atoms with E-state index in [2.05, 4.69) is 81.8 Å². The van der Waals surface area contributed by atoms with Crippen LogP contribution in [-0.2, 0) is 35.1 Å². The SMILES string of the molecule is CC(C)(C)c1cc(CNC(=O)[C@H](Cc2ccc(O)cc2)n2cc[n+](Cc3ccccc3)c2)cc(C(C)(C)C)c1. The van der Waals surface area contributed by atoms with Gasteiger partial charge in [0.2, 0.25) is 6.33 Å². The topological polar surface area (TPSA) is 58.1 Å². The fourth-order valence-corrected chi connectivity index (χ4v) is 4.64. The van der Waals surface area contributed by atoms with Crippen molar-refractivity contribution >= 4 is 5.91 Å². The summed E-state index contributed by atoms with van der Waals surface area (Å²) in [6, 6.07) is 23.7. The molecule has 1 amide bonds. The van der Waals surface area contributed by atoms with E-state index in [0.717, 1.165) is 17.7 Å². The van der Waals surface area contributed by atoms with Crippen molar-refractivity contribution in [1.29, 1.82) is 0 Å². The van der Waals surface area contributed by atoms with E-state index in [9.17, 15) is 9.90 Å². The van der Waals surface area contributed by atoms with Gasteiger partial charge in [-0.3, -0.25) is 4.79 Å². The molecule has 1 atom stereocenters. The first kappa shape index (κ1) is 28.2. The number of rotatable bonds is 8. The number of carbonyl (C=O) groups excluding carboxylic acids is 1. The van der Waals surface area contributed by atoms with E-state index < -0.39 is 6.04 Å². The second kappa shape index (κ2) is 11.5. The first-order valence-electron chi connectivity index (χ1n) is 13.7.